The molecule has 0 saturated carbocycles. The molecule has 0 unspecified atom stereocenters. The van der Waals surface area contributed by atoms with Crippen LogP contribution >= 0.6 is 0 Å². The summed E-state index contributed by atoms with van der Waals surface area (Å²) < 4.78 is 10.7. The van der Waals surface area contributed by atoms with Gasteiger partial charge in [0.2, 0.25) is 0 Å². The summed E-state index contributed by atoms with van der Waals surface area (Å²) in [7, 11) is 3.41. The lowest BCUT2D eigenvalue weighted by molar-refractivity contribution is 0.408. The molecule has 2 aromatic carbocycles. The number of hydrogen-bond donors (Lipinski definition) is 0. The summed E-state index contributed by atoms with van der Waals surface area (Å²) in [5.41, 5.74) is 6.07. The molecule has 2 aromatic rings. The molecule has 0 aliphatic carbocycles. The topological polar surface area (TPSA) is 18.5 Å². The van der Waals surface area contributed by atoms with Gasteiger partial charge >= 0.3 is 0 Å². The average Bonchev–Trinajstić information content (AvgIpc) is 2.43. The van der Waals surface area contributed by atoms with Gasteiger partial charge in [-0.1, -0.05) is 12.1 Å². The van der Waals surface area contributed by atoms with Crippen LogP contribution in [0.2, 0.25) is 0 Å². The molecule has 0 atom stereocenters. The van der Waals surface area contributed by atoms with Crippen molar-refractivity contribution < 1.29 is 9.47 Å². The second kappa shape index (κ2) is 5.35. The summed E-state index contributed by atoms with van der Waals surface area (Å²) in [4.78, 5) is 0. The molecule has 0 N–H and O–H groups in total. The Hall–Kier alpha value is -1.96. The van der Waals surface area contributed by atoms with Crippen molar-refractivity contribution >= 4 is 0 Å². The predicted octanol–water partition coefficient (Wildman–Crippen LogP) is 4.30. The van der Waals surface area contributed by atoms with Gasteiger partial charge in [0.25, 0.3) is 0 Å². The maximum absolute atomic E-state index is 5.46. The van der Waals surface area contributed by atoms with Crippen molar-refractivity contribution in [3.05, 3.63) is 47.0 Å². The first-order valence-electron chi connectivity index (χ1n) is 6.37. The molecule has 2 heteroatoms. The summed E-state index contributed by atoms with van der Waals surface area (Å²) in [6.07, 6.45) is 0. The quantitative estimate of drug-likeness (QED) is 0.815. The van der Waals surface area contributed by atoms with E-state index in [0.717, 1.165) is 17.1 Å². The van der Waals surface area contributed by atoms with Crippen LogP contribution in [0.5, 0.6) is 11.5 Å². The van der Waals surface area contributed by atoms with Gasteiger partial charge in [0.05, 0.1) is 14.2 Å². The zero-order valence-electron chi connectivity index (χ0n) is 12.2. The third kappa shape index (κ3) is 2.43. The summed E-state index contributed by atoms with van der Waals surface area (Å²) in [5.74, 6) is 1.86. The van der Waals surface area contributed by atoms with Crippen LogP contribution in [-0.4, -0.2) is 14.2 Å². The minimum absolute atomic E-state index is 0.878. The van der Waals surface area contributed by atoms with Crippen molar-refractivity contribution in [2.24, 2.45) is 0 Å². The maximum Gasteiger partial charge on any atom is 0.124 e. The van der Waals surface area contributed by atoms with Gasteiger partial charge in [0.15, 0.2) is 0 Å². The molecule has 100 valence electrons. The van der Waals surface area contributed by atoms with Gasteiger partial charge in [0, 0.05) is 0 Å². The van der Waals surface area contributed by atoms with Crippen LogP contribution in [0.25, 0.3) is 11.1 Å². The highest BCUT2D eigenvalue weighted by Gasteiger charge is 2.11. The van der Waals surface area contributed by atoms with Crippen LogP contribution in [0.1, 0.15) is 16.7 Å². The number of hydrogen-bond acceptors (Lipinski definition) is 2. The fourth-order valence-corrected chi connectivity index (χ4v) is 2.44. The summed E-state index contributed by atoms with van der Waals surface area (Å²) in [5, 5.41) is 0. The SMILES string of the molecule is COc1ccc(-c2cc(C)c(OC)c(C)c2C)cc1. The van der Waals surface area contributed by atoms with E-state index in [9.17, 15) is 0 Å². The third-order valence-electron chi connectivity index (χ3n) is 3.63. The molecular weight excluding hydrogens is 236 g/mol. The molecule has 0 fully saturated rings. The van der Waals surface area contributed by atoms with Crippen LogP contribution in [0.4, 0.5) is 0 Å². The fraction of sp³-hybridized carbons (Fsp3) is 0.294. The summed E-state index contributed by atoms with van der Waals surface area (Å²) in [6, 6.07) is 10.3. The Morgan fingerprint density at radius 2 is 1.42 bits per heavy atom. The van der Waals surface area contributed by atoms with Crippen molar-refractivity contribution in [3.8, 4) is 22.6 Å². The van der Waals surface area contributed by atoms with Crippen molar-refractivity contribution in [2.45, 2.75) is 20.8 Å². The van der Waals surface area contributed by atoms with E-state index in [2.05, 4.69) is 39.0 Å². The Kier molecular flexibility index (Phi) is 3.79. The second-order valence-electron chi connectivity index (χ2n) is 4.75. The smallest absolute Gasteiger partial charge is 0.124 e. The van der Waals surface area contributed by atoms with Crippen LogP contribution in [-0.2, 0) is 0 Å². The molecule has 0 amide bonds. The molecule has 0 spiro atoms. The van der Waals surface area contributed by atoms with Gasteiger partial charge in [-0.3, -0.25) is 0 Å². The lowest BCUT2D eigenvalue weighted by Gasteiger charge is -2.16. The molecule has 0 aliphatic heterocycles. The highest BCUT2D eigenvalue weighted by atomic mass is 16.5. The minimum Gasteiger partial charge on any atom is -0.497 e. The molecule has 0 aromatic heterocycles. The number of benzene rings is 2. The fourth-order valence-electron chi connectivity index (χ4n) is 2.44. The molecular formula is C17H20O2. The molecule has 0 saturated heterocycles. The highest BCUT2D eigenvalue weighted by molar-refractivity contribution is 5.72. The molecule has 19 heavy (non-hydrogen) atoms. The largest absolute Gasteiger partial charge is 0.497 e. The molecule has 0 aliphatic rings. The van der Waals surface area contributed by atoms with Gasteiger partial charge < -0.3 is 9.47 Å². The minimum atomic E-state index is 0.878. The van der Waals surface area contributed by atoms with Gasteiger partial charge in [0.1, 0.15) is 11.5 Å². The Labute approximate surface area is 115 Å². The van der Waals surface area contributed by atoms with Crippen LogP contribution in [0, 0.1) is 20.8 Å². The van der Waals surface area contributed by atoms with E-state index in [-0.39, 0.29) is 0 Å². The van der Waals surface area contributed by atoms with Gasteiger partial charge in [-0.15, -0.1) is 0 Å². The van der Waals surface area contributed by atoms with E-state index in [1.54, 1.807) is 14.2 Å². The van der Waals surface area contributed by atoms with Crippen molar-refractivity contribution in [2.75, 3.05) is 14.2 Å². The van der Waals surface area contributed by atoms with Gasteiger partial charge in [-0.25, -0.2) is 0 Å². The van der Waals surface area contributed by atoms with Crippen molar-refractivity contribution in [3.63, 3.8) is 0 Å². The van der Waals surface area contributed by atoms with Crippen LogP contribution in [0.3, 0.4) is 0 Å². The first-order valence-corrected chi connectivity index (χ1v) is 6.37. The maximum atomic E-state index is 5.46. The van der Waals surface area contributed by atoms with E-state index < -0.39 is 0 Å². The molecule has 0 bridgehead atoms. The van der Waals surface area contributed by atoms with Crippen molar-refractivity contribution in [1.82, 2.24) is 0 Å². The zero-order valence-corrected chi connectivity index (χ0v) is 12.2. The standard InChI is InChI=1S/C17H20O2/c1-11-10-16(12(2)13(3)17(11)19-5)14-6-8-15(18-4)9-7-14/h6-10H,1-5H3. The molecule has 0 heterocycles. The van der Waals surface area contributed by atoms with Crippen LogP contribution in [0.15, 0.2) is 30.3 Å². The Morgan fingerprint density at radius 3 is 1.95 bits per heavy atom. The third-order valence-corrected chi connectivity index (χ3v) is 3.63. The van der Waals surface area contributed by atoms with E-state index in [0.29, 0.717) is 0 Å². The number of ether oxygens (including phenoxy) is 2. The molecule has 2 nitrogen and oxygen atoms in total. The number of aryl methyl sites for hydroxylation is 1. The van der Waals surface area contributed by atoms with E-state index in [4.69, 9.17) is 9.47 Å². The van der Waals surface area contributed by atoms with Crippen LogP contribution < -0.4 is 9.47 Å². The molecule has 2 rings (SSSR count). The van der Waals surface area contributed by atoms with E-state index in [1.807, 2.05) is 12.1 Å². The Balaban J connectivity index is 2.56. The Morgan fingerprint density at radius 1 is 0.789 bits per heavy atom. The normalized spacial score (nSPS) is 10.4. The highest BCUT2D eigenvalue weighted by Crippen LogP contribution is 2.34. The summed E-state index contributed by atoms with van der Waals surface area (Å²) >= 11 is 0. The van der Waals surface area contributed by atoms with Crippen molar-refractivity contribution in [1.29, 1.82) is 0 Å². The van der Waals surface area contributed by atoms with Gasteiger partial charge in [-0.2, -0.15) is 0 Å². The van der Waals surface area contributed by atoms with E-state index in [1.165, 1.54) is 22.3 Å². The monoisotopic (exact) mass is 256 g/mol. The lowest BCUT2D eigenvalue weighted by atomic mass is 9.94. The first-order chi connectivity index (χ1) is 9.08. The predicted molar refractivity (Wildman–Crippen MR) is 79.2 cm³/mol. The average molecular weight is 256 g/mol. The number of rotatable bonds is 3. The number of methoxy groups -OCH3 is 2. The zero-order chi connectivity index (χ0) is 14.0. The first kappa shape index (κ1) is 13.5. The van der Waals surface area contributed by atoms with E-state index >= 15 is 0 Å². The Bertz CT molecular complexity index is 583. The van der Waals surface area contributed by atoms with Gasteiger partial charge in [-0.05, 0) is 66.8 Å². The lowest BCUT2D eigenvalue weighted by Crippen LogP contribution is -1.96. The molecule has 0 radical (unpaired) electrons. The summed E-state index contributed by atoms with van der Waals surface area (Å²) in [6.45, 7) is 6.32. The second-order valence-corrected chi connectivity index (χ2v) is 4.75.